The quantitative estimate of drug-likeness (QED) is 0.636. The Labute approximate surface area is 208 Å². The van der Waals surface area contributed by atoms with Gasteiger partial charge in [0.2, 0.25) is 0 Å². The Bertz CT molecular complexity index is 1190. The normalized spacial score (nSPS) is 24.9. The van der Waals surface area contributed by atoms with Crippen LogP contribution < -0.4 is 10.2 Å². The molecule has 1 aromatic heterocycles. The summed E-state index contributed by atoms with van der Waals surface area (Å²) in [6.07, 6.45) is 3.12. The zero-order chi connectivity index (χ0) is 24.6. The van der Waals surface area contributed by atoms with Gasteiger partial charge in [0.05, 0.1) is 6.54 Å². The molecule has 0 aliphatic carbocycles. The second kappa shape index (κ2) is 9.62. The first-order chi connectivity index (χ1) is 16.9. The fraction of sp³-hybridized carbons (Fsp3) is 0.462. The number of hydrogen-bond acceptors (Lipinski definition) is 7. The average molecular weight is 496 g/mol. The Kier molecular flexibility index (Phi) is 6.55. The third kappa shape index (κ3) is 4.54. The summed E-state index contributed by atoms with van der Waals surface area (Å²) in [5.41, 5.74) is 1.45. The number of hydrogen-bond donors (Lipinski definition) is 1. The number of fused-ring (bicyclic) bond motifs is 1. The number of carbonyl (C=O) groups excluding carboxylic acids is 2. The first-order valence-corrected chi connectivity index (χ1v) is 13.0. The van der Waals surface area contributed by atoms with Crippen molar-refractivity contribution < 1.29 is 14.0 Å². The monoisotopic (exact) mass is 495 g/mol. The molecule has 0 radical (unpaired) electrons. The van der Waals surface area contributed by atoms with Crippen LogP contribution in [0.4, 0.5) is 10.1 Å². The molecule has 5 rings (SSSR count). The summed E-state index contributed by atoms with van der Waals surface area (Å²) in [5, 5.41) is 6.03. The molecule has 1 amide bonds. The Morgan fingerprint density at radius 2 is 2.20 bits per heavy atom. The number of nitrogens with zero attached hydrogens (tertiary/aromatic N) is 4. The summed E-state index contributed by atoms with van der Waals surface area (Å²) in [5.74, 6) is -0.0906. The molecule has 2 saturated heterocycles. The van der Waals surface area contributed by atoms with E-state index < -0.39 is 17.5 Å². The Morgan fingerprint density at radius 3 is 2.94 bits per heavy atom. The number of thiazole rings is 1. The molecule has 184 valence electrons. The third-order valence-electron chi connectivity index (χ3n) is 7.09. The lowest BCUT2D eigenvalue weighted by atomic mass is 9.85. The van der Waals surface area contributed by atoms with E-state index in [2.05, 4.69) is 20.2 Å². The molecule has 9 heteroatoms. The molecule has 0 saturated carbocycles. The lowest BCUT2D eigenvalue weighted by Gasteiger charge is -2.38. The summed E-state index contributed by atoms with van der Waals surface area (Å²) >= 11 is 1.49. The van der Waals surface area contributed by atoms with Crippen LogP contribution in [0.3, 0.4) is 0 Å². The van der Waals surface area contributed by atoms with Gasteiger partial charge in [-0.25, -0.2) is 9.37 Å². The Balaban J connectivity index is 1.34. The van der Waals surface area contributed by atoms with Crippen molar-refractivity contribution in [1.82, 2.24) is 15.2 Å². The fourth-order valence-corrected chi connectivity index (χ4v) is 5.81. The Morgan fingerprint density at radius 1 is 1.34 bits per heavy atom. The number of halogens is 1. The summed E-state index contributed by atoms with van der Waals surface area (Å²) in [7, 11) is 0. The van der Waals surface area contributed by atoms with Gasteiger partial charge in [0.15, 0.2) is 22.3 Å². The van der Waals surface area contributed by atoms with Gasteiger partial charge in [-0.05, 0) is 31.0 Å². The predicted octanol–water partition coefficient (Wildman–Crippen LogP) is 3.50. The van der Waals surface area contributed by atoms with Crippen LogP contribution in [0.1, 0.15) is 36.8 Å². The van der Waals surface area contributed by atoms with E-state index in [1.165, 1.54) is 11.3 Å². The second-order valence-corrected chi connectivity index (χ2v) is 10.5. The maximum atomic E-state index is 16.0. The van der Waals surface area contributed by atoms with Crippen molar-refractivity contribution in [3.63, 3.8) is 0 Å². The predicted molar refractivity (Wildman–Crippen MR) is 136 cm³/mol. The van der Waals surface area contributed by atoms with Gasteiger partial charge >= 0.3 is 0 Å². The number of benzene rings is 1. The van der Waals surface area contributed by atoms with Crippen molar-refractivity contribution in [3.8, 4) is 0 Å². The highest BCUT2D eigenvalue weighted by molar-refractivity contribution is 7.11. The minimum absolute atomic E-state index is 0.0930. The van der Waals surface area contributed by atoms with Crippen molar-refractivity contribution >= 4 is 34.6 Å². The van der Waals surface area contributed by atoms with E-state index in [4.69, 9.17) is 0 Å². The number of aliphatic imine (C=N–C) groups is 1. The molecule has 1 aromatic carbocycles. The largest absolute Gasteiger partial charge is 0.340 e. The molecule has 2 fully saturated rings. The lowest BCUT2D eigenvalue weighted by Crippen LogP contribution is -2.52. The fourth-order valence-electron chi connectivity index (χ4n) is 5.21. The minimum atomic E-state index is -1.84. The smallest absolute Gasteiger partial charge is 0.265 e. The highest BCUT2D eigenvalue weighted by Crippen LogP contribution is 2.41. The van der Waals surface area contributed by atoms with Gasteiger partial charge in [-0.15, -0.1) is 11.3 Å². The van der Waals surface area contributed by atoms with E-state index >= 15 is 4.39 Å². The number of likely N-dealkylation sites (tertiary alicyclic amines) is 1. The summed E-state index contributed by atoms with van der Waals surface area (Å²) in [4.78, 5) is 38.6. The minimum Gasteiger partial charge on any atom is -0.340 e. The van der Waals surface area contributed by atoms with E-state index in [1.807, 2.05) is 43.5 Å². The number of anilines is 1. The van der Waals surface area contributed by atoms with Gasteiger partial charge in [-0.1, -0.05) is 19.1 Å². The van der Waals surface area contributed by atoms with Crippen molar-refractivity contribution in [3.05, 3.63) is 57.7 Å². The molecule has 2 aromatic rings. The zero-order valence-corrected chi connectivity index (χ0v) is 20.9. The van der Waals surface area contributed by atoms with Gasteiger partial charge in [-0.3, -0.25) is 19.5 Å². The van der Waals surface area contributed by atoms with Gasteiger partial charge in [-0.2, -0.15) is 0 Å². The van der Waals surface area contributed by atoms with Crippen LogP contribution in [0.2, 0.25) is 0 Å². The van der Waals surface area contributed by atoms with Gasteiger partial charge in [0.1, 0.15) is 0 Å². The number of amides is 1. The second-order valence-electron chi connectivity index (χ2n) is 9.56. The molecule has 0 bridgehead atoms. The number of ketones is 1. The standard InChI is InChI=1S/C26H30FN5O2S/c1-3-5-22(33)20-13-29-23(24-28-9-11-35-24)30-21(20)16-31-10-8-26(27)18(14-31)15-32(25(26)34)19-7-4-6-17(2)12-19/h4,6-7,9,11-12,18H,3,5,8,10,13-16H2,1-2H3,(H,29,30). The number of aryl methyl sites for hydroxylation is 1. The van der Waals surface area contributed by atoms with Crippen molar-refractivity contribution in [2.45, 2.75) is 38.8 Å². The number of amidine groups is 1. The molecule has 2 atom stereocenters. The SMILES string of the molecule is CCCC(=O)C1=C(CN2CCC3(F)C(=O)N(c4cccc(C)c4)CC3C2)NC(c2nccs2)=NC1. The number of carbonyl (C=O) groups is 2. The summed E-state index contributed by atoms with van der Waals surface area (Å²) < 4.78 is 16.0. The maximum Gasteiger partial charge on any atom is 0.265 e. The number of Topliss-reactive ketones (excluding diaryl/α,β-unsaturated/α-hetero) is 1. The third-order valence-corrected chi connectivity index (χ3v) is 7.87. The summed E-state index contributed by atoms with van der Waals surface area (Å²) in [6.45, 7) is 6.02. The topological polar surface area (TPSA) is 77.9 Å². The number of alkyl halides is 1. The van der Waals surface area contributed by atoms with Gasteiger partial charge in [0.25, 0.3) is 5.91 Å². The molecule has 3 aliphatic heterocycles. The lowest BCUT2D eigenvalue weighted by molar-refractivity contribution is -0.131. The average Bonchev–Trinajstić information content (AvgIpc) is 3.47. The van der Waals surface area contributed by atoms with Gasteiger partial charge in [0, 0.05) is 73.5 Å². The Hall–Kier alpha value is -2.91. The number of piperidine rings is 1. The highest BCUT2D eigenvalue weighted by Gasteiger charge is 2.57. The molecular formula is C26H30FN5O2S. The number of rotatable bonds is 7. The molecule has 7 nitrogen and oxygen atoms in total. The molecule has 4 heterocycles. The maximum absolute atomic E-state index is 16.0. The molecule has 2 unspecified atom stereocenters. The van der Waals surface area contributed by atoms with Crippen LogP contribution in [0.5, 0.6) is 0 Å². The van der Waals surface area contributed by atoms with Crippen molar-refractivity contribution in [1.29, 1.82) is 0 Å². The van der Waals surface area contributed by atoms with Crippen molar-refractivity contribution in [2.75, 3.05) is 37.6 Å². The van der Waals surface area contributed by atoms with E-state index in [9.17, 15) is 9.59 Å². The van der Waals surface area contributed by atoms with E-state index in [-0.39, 0.29) is 12.2 Å². The van der Waals surface area contributed by atoms with Crippen LogP contribution in [-0.2, 0) is 9.59 Å². The van der Waals surface area contributed by atoms with E-state index in [0.717, 1.165) is 28.4 Å². The van der Waals surface area contributed by atoms with Gasteiger partial charge < -0.3 is 10.2 Å². The van der Waals surface area contributed by atoms with E-state index in [0.29, 0.717) is 50.6 Å². The highest BCUT2D eigenvalue weighted by atomic mass is 32.1. The number of aromatic nitrogens is 1. The van der Waals surface area contributed by atoms with E-state index in [1.54, 1.807) is 11.1 Å². The molecule has 35 heavy (non-hydrogen) atoms. The van der Waals surface area contributed by atoms with Crippen LogP contribution in [0.25, 0.3) is 0 Å². The molecule has 0 spiro atoms. The summed E-state index contributed by atoms with van der Waals surface area (Å²) in [6, 6.07) is 7.66. The zero-order valence-electron chi connectivity index (χ0n) is 20.1. The molecule has 1 N–H and O–H groups in total. The number of nitrogens with one attached hydrogen (secondary N) is 1. The van der Waals surface area contributed by atoms with Crippen molar-refractivity contribution in [2.24, 2.45) is 10.9 Å². The molecule has 3 aliphatic rings. The first kappa shape index (κ1) is 23.8. The molecular weight excluding hydrogens is 465 g/mol. The van der Waals surface area contributed by atoms with Crippen LogP contribution in [0.15, 0.2) is 52.1 Å². The first-order valence-electron chi connectivity index (χ1n) is 12.2. The van der Waals surface area contributed by atoms with Crippen LogP contribution >= 0.6 is 11.3 Å². The van der Waals surface area contributed by atoms with Crippen LogP contribution in [-0.4, -0.2) is 65.8 Å². The van der Waals surface area contributed by atoms with Crippen LogP contribution in [0, 0.1) is 12.8 Å².